The zero-order chi connectivity index (χ0) is 15.6. The maximum atomic E-state index is 11.5. The summed E-state index contributed by atoms with van der Waals surface area (Å²) < 4.78 is 51.6. The molecule has 0 aromatic heterocycles. The van der Waals surface area contributed by atoms with Crippen molar-refractivity contribution in [1.29, 1.82) is 0 Å². The number of rotatable bonds is 2. The highest BCUT2D eigenvalue weighted by atomic mass is 32.2. The van der Waals surface area contributed by atoms with E-state index in [0.29, 0.717) is 6.42 Å². The minimum Gasteiger partial charge on any atom is -0.344 e. The second kappa shape index (κ2) is 4.62. The summed E-state index contributed by atoms with van der Waals surface area (Å²) in [4.78, 5) is 0. The Labute approximate surface area is 125 Å². The van der Waals surface area contributed by atoms with E-state index in [0.717, 1.165) is 6.26 Å². The highest BCUT2D eigenvalue weighted by molar-refractivity contribution is 7.86. The van der Waals surface area contributed by atoms with Crippen LogP contribution in [0.25, 0.3) is 0 Å². The first kappa shape index (κ1) is 15.6. The van der Waals surface area contributed by atoms with E-state index in [1.807, 2.05) is 13.8 Å². The Kier molecular flexibility index (Phi) is 3.44. The molecule has 0 aromatic rings. The third-order valence-corrected chi connectivity index (χ3v) is 4.44. The summed E-state index contributed by atoms with van der Waals surface area (Å²) in [6, 6.07) is 0. The molecule has 2 heterocycles. The average Bonchev–Trinajstić information content (AvgIpc) is 2.71. The molecule has 2 aliphatic heterocycles. The van der Waals surface area contributed by atoms with Gasteiger partial charge in [-0.25, -0.2) is 0 Å². The first-order valence-corrected chi connectivity index (χ1v) is 8.87. The molecule has 3 rings (SSSR count). The van der Waals surface area contributed by atoms with Gasteiger partial charge in [0, 0.05) is 6.42 Å². The second-order valence-electron chi connectivity index (χ2n) is 6.78. The van der Waals surface area contributed by atoms with Crippen molar-refractivity contribution in [3.05, 3.63) is 0 Å². The van der Waals surface area contributed by atoms with Crippen molar-refractivity contribution in [1.82, 2.24) is 0 Å². The lowest BCUT2D eigenvalue weighted by molar-refractivity contribution is -0.176. The molecular weight excluding hydrogens is 300 g/mol. The van der Waals surface area contributed by atoms with Crippen LogP contribution in [0, 0.1) is 0 Å². The molecule has 2 saturated heterocycles. The predicted molar refractivity (Wildman–Crippen MR) is 72.0 cm³/mol. The van der Waals surface area contributed by atoms with Crippen molar-refractivity contribution >= 4 is 10.1 Å². The summed E-state index contributed by atoms with van der Waals surface area (Å²) in [6.07, 6.45) is -0.671. The molecule has 0 amide bonds. The first-order valence-electron chi connectivity index (χ1n) is 7.05. The summed E-state index contributed by atoms with van der Waals surface area (Å²) in [5.41, 5.74) is 0. The Balaban J connectivity index is 1.88. The minimum atomic E-state index is -3.59. The van der Waals surface area contributed by atoms with Crippen LogP contribution in [0.15, 0.2) is 0 Å². The molecule has 3 aliphatic rings. The van der Waals surface area contributed by atoms with Gasteiger partial charge in [0.15, 0.2) is 11.6 Å². The monoisotopic (exact) mass is 322 g/mol. The molecule has 5 atom stereocenters. The zero-order valence-corrected chi connectivity index (χ0v) is 13.7. The second-order valence-corrected chi connectivity index (χ2v) is 8.38. The van der Waals surface area contributed by atoms with E-state index in [4.69, 9.17) is 23.1 Å². The van der Waals surface area contributed by atoms with Crippen LogP contribution in [0.5, 0.6) is 0 Å². The molecule has 7 nitrogen and oxygen atoms in total. The van der Waals surface area contributed by atoms with Gasteiger partial charge in [-0.2, -0.15) is 8.42 Å². The van der Waals surface area contributed by atoms with Crippen LogP contribution >= 0.6 is 0 Å². The predicted octanol–water partition coefficient (Wildman–Crippen LogP) is 0.775. The zero-order valence-electron chi connectivity index (χ0n) is 12.9. The number of hydrogen-bond donors (Lipinski definition) is 0. The van der Waals surface area contributed by atoms with E-state index in [1.165, 1.54) is 0 Å². The van der Waals surface area contributed by atoms with Gasteiger partial charge in [0.05, 0.1) is 12.4 Å². The van der Waals surface area contributed by atoms with Gasteiger partial charge >= 0.3 is 0 Å². The normalized spacial score (nSPS) is 44.3. The minimum absolute atomic E-state index is 0.273. The van der Waals surface area contributed by atoms with Crippen LogP contribution in [0.1, 0.15) is 34.1 Å². The van der Waals surface area contributed by atoms with E-state index >= 15 is 0 Å². The van der Waals surface area contributed by atoms with Gasteiger partial charge < -0.3 is 18.9 Å². The van der Waals surface area contributed by atoms with Crippen LogP contribution in [-0.2, 0) is 33.2 Å². The van der Waals surface area contributed by atoms with Crippen molar-refractivity contribution in [2.24, 2.45) is 0 Å². The van der Waals surface area contributed by atoms with Crippen LogP contribution in [0.3, 0.4) is 0 Å². The Hall–Kier alpha value is -0.250. The maximum Gasteiger partial charge on any atom is 0.264 e. The summed E-state index contributed by atoms with van der Waals surface area (Å²) in [7, 11) is -3.59. The third-order valence-electron chi connectivity index (χ3n) is 3.84. The Morgan fingerprint density at radius 3 is 2.05 bits per heavy atom. The van der Waals surface area contributed by atoms with Gasteiger partial charge in [-0.15, -0.1) is 0 Å². The molecule has 0 spiro atoms. The number of hydrogen-bond acceptors (Lipinski definition) is 7. The smallest absolute Gasteiger partial charge is 0.264 e. The lowest BCUT2D eigenvalue weighted by Crippen LogP contribution is -2.54. The molecule has 0 N–H and O–H groups in total. The first-order chi connectivity index (χ1) is 9.46. The fraction of sp³-hybridized carbons (Fsp3) is 1.00. The van der Waals surface area contributed by atoms with Crippen molar-refractivity contribution in [2.75, 3.05) is 6.26 Å². The Bertz CT molecular complexity index is 527. The van der Waals surface area contributed by atoms with Gasteiger partial charge in [0.25, 0.3) is 10.1 Å². The van der Waals surface area contributed by atoms with Crippen molar-refractivity contribution in [2.45, 2.75) is 76.2 Å². The molecule has 1 aliphatic carbocycles. The van der Waals surface area contributed by atoms with E-state index in [2.05, 4.69) is 0 Å². The van der Waals surface area contributed by atoms with E-state index in [1.54, 1.807) is 13.8 Å². The van der Waals surface area contributed by atoms with Crippen LogP contribution in [0.4, 0.5) is 0 Å². The molecule has 0 radical (unpaired) electrons. The van der Waals surface area contributed by atoms with Gasteiger partial charge in [-0.05, 0) is 27.7 Å². The quantitative estimate of drug-likeness (QED) is 0.695. The highest BCUT2D eigenvalue weighted by Gasteiger charge is 2.60. The third kappa shape index (κ3) is 3.11. The lowest BCUT2D eigenvalue weighted by Gasteiger charge is -2.36. The van der Waals surface area contributed by atoms with Gasteiger partial charge in [0.1, 0.15) is 24.4 Å². The van der Waals surface area contributed by atoms with Crippen LogP contribution in [-0.4, -0.2) is 56.8 Å². The summed E-state index contributed by atoms with van der Waals surface area (Å²) in [5, 5.41) is 0. The summed E-state index contributed by atoms with van der Waals surface area (Å²) in [6.45, 7) is 7.24. The molecule has 8 heteroatoms. The summed E-state index contributed by atoms with van der Waals surface area (Å²) in [5.74, 6) is -1.53. The topological polar surface area (TPSA) is 80.3 Å². The Morgan fingerprint density at radius 2 is 1.43 bits per heavy atom. The van der Waals surface area contributed by atoms with Gasteiger partial charge in [-0.3, -0.25) is 4.18 Å². The van der Waals surface area contributed by atoms with Crippen molar-refractivity contribution in [3.63, 3.8) is 0 Å². The fourth-order valence-corrected chi connectivity index (χ4v) is 4.00. The molecule has 0 bridgehead atoms. The molecule has 0 aromatic carbocycles. The SMILES string of the molecule is CC1(C)O[C@@H]2[C@H]3OC(C)(C)O[C@@H]3C[C@@H](OS(C)(=O)=O)[C@@H]2O1. The van der Waals surface area contributed by atoms with Crippen molar-refractivity contribution < 1.29 is 31.5 Å². The number of ether oxygens (including phenoxy) is 4. The van der Waals surface area contributed by atoms with Crippen LogP contribution < -0.4 is 0 Å². The lowest BCUT2D eigenvalue weighted by atomic mass is 9.87. The molecule has 3 fully saturated rings. The van der Waals surface area contributed by atoms with E-state index < -0.39 is 40.0 Å². The van der Waals surface area contributed by atoms with Gasteiger partial charge in [0.2, 0.25) is 0 Å². The number of fused-ring (bicyclic) bond motifs is 3. The van der Waals surface area contributed by atoms with Crippen molar-refractivity contribution in [3.8, 4) is 0 Å². The van der Waals surface area contributed by atoms with Gasteiger partial charge in [-0.1, -0.05) is 0 Å². The molecule has 21 heavy (non-hydrogen) atoms. The maximum absolute atomic E-state index is 11.5. The Morgan fingerprint density at radius 1 is 0.905 bits per heavy atom. The average molecular weight is 322 g/mol. The van der Waals surface area contributed by atoms with E-state index in [9.17, 15) is 8.42 Å². The summed E-state index contributed by atoms with van der Waals surface area (Å²) >= 11 is 0. The van der Waals surface area contributed by atoms with Crippen LogP contribution in [0.2, 0.25) is 0 Å². The molecular formula is C13H22O7S. The van der Waals surface area contributed by atoms with E-state index in [-0.39, 0.29) is 12.2 Å². The molecule has 122 valence electrons. The molecule has 1 saturated carbocycles. The largest absolute Gasteiger partial charge is 0.344 e. The fourth-order valence-electron chi connectivity index (χ4n) is 3.36. The highest BCUT2D eigenvalue weighted by Crippen LogP contribution is 2.45. The standard InChI is InChI=1S/C13H22O7S/c1-12(2)16-7-6-8(20-21(5,14)15)10-11(9(7)17-12)19-13(3,4)18-10/h7-11H,6H2,1-5H3/t7-,8-,9+,10+,11-/m1/s1. The molecule has 0 unspecified atom stereocenters.